The van der Waals surface area contributed by atoms with Crippen molar-refractivity contribution in [1.82, 2.24) is 14.5 Å². The van der Waals surface area contributed by atoms with E-state index >= 15 is 0 Å². The molecule has 1 amide bonds. The quantitative estimate of drug-likeness (QED) is 0.554. The second-order valence-electron chi connectivity index (χ2n) is 8.12. The van der Waals surface area contributed by atoms with Gasteiger partial charge < -0.3 is 5.32 Å². The van der Waals surface area contributed by atoms with Crippen LogP contribution in [0.5, 0.6) is 0 Å². The number of nitrogens with zero attached hydrogens (tertiary/aromatic N) is 2. The van der Waals surface area contributed by atoms with Gasteiger partial charge in [-0.15, -0.1) is 0 Å². The van der Waals surface area contributed by atoms with Crippen molar-refractivity contribution < 1.29 is 4.79 Å². The number of rotatable bonds is 7. The van der Waals surface area contributed by atoms with E-state index in [1.165, 1.54) is 23.0 Å². The van der Waals surface area contributed by atoms with Crippen LogP contribution in [-0.4, -0.2) is 21.6 Å². The number of allylic oxidation sites excluding steroid dienone is 1. The third-order valence-electron chi connectivity index (χ3n) is 5.82. The number of carbonyl (C=O) groups excluding carboxylic acids is 1. The summed E-state index contributed by atoms with van der Waals surface area (Å²) in [6.07, 6.45) is 7.73. The molecule has 1 aliphatic carbocycles. The summed E-state index contributed by atoms with van der Waals surface area (Å²) in [5.74, 6) is -0.249. The second kappa shape index (κ2) is 10.0. The van der Waals surface area contributed by atoms with Gasteiger partial charge in [0.15, 0.2) is 0 Å². The lowest BCUT2D eigenvalue weighted by atomic mass is 9.97. The fraction of sp³-hybridized carbons (Fsp3) is 0.320. The highest BCUT2D eigenvalue weighted by Crippen LogP contribution is 2.19. The van der Waals surface area contributed by atoms with Crippen LogP contribution in [0.25, 0.3) is 10.9 Å². The highest BCUT2D eigenvalue weighted by molar-refractivity contribution is 6.30. The van der Waals surface area contributed by atoms with E-state index in [1.54, 1.807) is 42.5 Å². The van der Waals surface area contributed by atoms with Gasteiger partial charge >= 0.3 is 5.69 Å². The summed E-state index contributed by atoms with van der Waals surface area (Å²) in [5.41, 5.74) is 1.68. The highest BCUT2D eigenvalue weighted by Gasteiger charge is 2.16. The lowest BCUT2D eigenvalue weighted by molar-refractivity contribution is -0.121. The third-order valence-corrected chi connectivity index (χ3v) is 6.05. The molecule has 32 heavy (non-hydrogen) atoms. The smallest absolute Gasteiger partial charge is 0.332 e. The minimum Gasteiger partial charge on any atom is -0.354 e. The normalized spacial score (nSPS) is 13.7. The second-order valence-corrected chi connectivity index (χ2v) is 8.55. The summed E-state index contributed by atoms with van der Waals surface area (Å²) in [5, 5.41) is 3.85. The Hall–Kier alpha value is -3.12. The molecule has 1 heterocycles. The van der Waals surface area contributed by atoms with Gasteiger partial charge in [0.05, 0.1) is 17.4 Å². The molecular weight excluding hydrogens is 426 g/mol. The number of benzene rings is 2. The lowest BCUT2D eigenvalue weighted by Gasteiger charge is -2.15. The fourth-order valence-corrected chi connectivity index (χ4v) is 4.39. The molecule has 6 nitrogen and oxygen atoms in total. The first-order valence-corrected chi connectivity index (χ1v) is 11.3. The average molecular weight is 452 g/mol. The number of para-hydroxylation sites is 1. The summed E-state index contributed by atoms with van der Waals surface area (Å²) >= 11 is 6.06. The monoisotopic (exact) mass is 451 g/mol. The van der Waals surface area contributed by atoms with E-state index in [0.717, 1.165) is 29.4 Å². The van der Waals surface area contributed by atoms with Crippen molar-refractivity contribution >= 4 is 28.4 Å². The minimum atomic E-state index is -0.515. The minimum absolute atomic E-state index is 0.0822. The maximum atomic E-state index is 13.3. The Morgan fingerprint density at radius 3 is 2.66 bits per heavy atom. The Morgan fingerprint density at radius 1 is 1.03 bits per heavy atom. The van der Waals surface area contributed by atoms with Crippen LogP contribution in [0, 0.1) is 0 Å². The molecule has 3 aromatic rings. The van der Waals surface area contributed by atoms with Crippen molar-refractivity contribution in [2.75, 3.05) is 6.54 Å². The Morgan fingerprint density at radius 2 is 1.88 bits per heavy atom. The molecule has 0 saturated heterocycles. The van der Waals surface area contributed by atoms with E-state index in [1.807, 2.05) is 6.07 Å². The van der Waals surface area contributed by atoms with Crippen LogP contribution in [-0.2, 0) is 17.9 Å². The standard InChI is InChI=1S/C25H26ClN3O3/c26-20-10-6-9-19(15-20)16-29-24(31)21-11-4-5-12-22(21)28(25(29)32)17-23(30)27-14-13-18-7-2-1-3-8-18/h4-7,9-12,15H,1-3,8,13-14,16-17H2,(H,27,30). The van der Waals surface area contributed by atoms with E-state index in [4.69, 9.17) is 11.6 Å². The molecule has 0 fully saturated rings. The van der Waals surface area contributed by atoms with Crippen molar-refractivity contribution in [3.63, 3.8) is 0 Å². The van der Waals surface area contributed by atoms with Gasteiger partial charge in [0.1, 0.15) is 6.54 Å². The number of fused-ring (bicyclic) bond motifs is 1. The molecule has 0 unspecified atom stereocenters. The van der Waals surface area contributed by atoms with Crippen LogP contribution in [0.3, 0.4) is 0 Å². The Kier molecular flexibility index (Phi) is 6.90. The summed E-state index contributed by atoms with van der Waals surface area (Å²) in [4.78, 5) is 38.9. The molecule has 0 saturated carbocycles. The average Bonchev–Trinajstić information content (AvgIpc) is 2.80. The summed E-state index contributed by atoms with van der Waals surface area (Å²) in [7, 11) is 0. The summed E-state index contributed by atoms with van der Waals surface area (Å²) in [6, 6.07) is 13.9. The molecule has 0 spiro atoms. The maximum absolute atomic E-state index is 13.3. The van der Waals surface area contributed by atoms with Crippen molar-refractivity contribution in [1.29, 1.82) is 0 Å². The zero-order chi connectivity index (χ0) is 22.5. The summed E-state index contributed by atoms with van der Waals surface area (Å²) < 4.78 is 2.53. The van der Waals surface area contributed by atoms with Crippen LogP contribution in [0.4, 0.5) is 0 Å². The van der Waals surface area contributed by atoms with E-state index in [9.17, 15) is 14.4 Å². The molecule has 1 N–H and O–H groups in total. The van der Waals surface area contributed by atoms with Crippen molar-refractivity contribution in [2.24, 2.45) is 0 Å². The number of hydrogen-bond donors (Lipinski definition) is 1. The molecule has 1 aromatic heterocycles. The predicted molar refractivity (Wildman–Crippen MR) is 127 cm³/mol. The molecule has 7 heteroatoms. The van der Waals surface area contributed by atoms with Crippen LogP contribution in [0.15, 0.2) is 69.8 Å². The number of amides is 1. The van der Waals surface area contributed by atoms with Crippen LogP contribution >= 0.6 is 11.6 Å². The van der Waals surface area contributed by atoms with Crippen molar-refractivity contribution in [3.8, 4) is 0 Å². The molecule has 166 valence electrons. The molecule has 2 aromatic carbocycles. The Bertz CT molecular complexity index is 1290. The number of carbonyl (C=O) groups is 1. The van der Waals surface area contributed by atoms with Gasteiger partial charge in [-0.3, -0.25) is 18.7 Å². The van der Waals surface area contributed by atoms with Gasteiger partial charge in [0.2, 0.25) is 5.91 Å². The molecule has 0 atom stereocenters. The fourth-order valence-electron chi connectivity index (χ4n) is 4.17. The van der Waals surface area contributed by atoms with Crippen LogP contribution in [0.1, 0.15) is 37.7 Å². The Balaban J connectivity index is 1.60. The SMILES string of the molecule is O=C(Cn1c(=O)n(Cc2cccc(Cl)c2)c(=O)c2ccccc21)NCCC1=CCCCC1. The van der Waals surface area contributed by atoms with E-state index < -0.39 is 5.69 Å². The van der Waals surface area contributed by atoms with Crippen LogP contribution in [0.2, 0.25) is 5.02 Å². The molecule has 4 rings (SSSR count). The first-order valence-electron chi connectivity index (χ1n) is 10.9. The van der Waals surface area contributed by atoms with Gasteiger partial charge in [-0.1, -0.05) is 47.5 Å². The zero-order valence-electron chi connectivity index (χ0n) is 17.9. The van der Waals surface area contributed by atoms with Crippen molar-refractivity contribution in [2.45, 2.75) is 45.2 Å². The first kappa shape index (κ1) is 22.1. The largest absolute Gasteiger partial charge is 0.354 e. The summed E-state index contributed by atoms with van der Waals surface area (Å²) in [6.45, 7) is 0.479. The number of nitrogens with one attached hydrogen (secondary N) is 1. The molecule has 1 aliphatic rings. The predicted octanol–water partition coefficient (Wildman–Crippen LogP) is 3.87. The van der Waals surface area contributed by atoms with Crippen molar-refractivity contribution in [3.05, 3.63) is 91.6 Å². The van der Waals surface area contributed by atoms with Gasteiger partial charge in [-0.25, -0.2) is 4.79 Å². The first-order chi connectivity index (χ1) is 15.5. The molecule has 0 bridgehead atoms. The van der Waals surface area contributed by atoms with Crippen LogP contribution < -0.4 is 16.6 Å². The number of halogens is 1. The zero-order valence-corrected chi connectivity index (χ0v) is 18.6. The molecule has 0 radical (unpaired) electrons. The molecule has 0 aliphatic heterocycles. The number of aromatic nitrogens is 2. The van der Waals surface area contributed by atoms with E-state index in [-0.39, 0.29) is 24.6 Å². The van der Waals surface area contributed by atoms with E-state index in [0.29, 0.717) is 22.5 Å². The van der Waals surface area contributed by atoms with Gasteiger partial charge in [-0.2, -0.15) is 0 Å². The Labute approximate surface area is 191 Å². The lowest BCUT2D eigenvalue weighted by Crippen LogP contribution is -2.43. The van der Waals surface area contributed by atoms with E-state index in [2.05, 4.69) is 11.4 Å². The highest BCUT2D eigenvalue weighted by atomic mass is 35.5. The number of hydrogen-bond acceptors (Lipinski definition) is 3. The maximum Gasteiger partial charge on any atom is 0.332 e. The van der Waals surface area contributed by atoms with Gasteiger partial charge in [0.25, 0.3) is 5.56 Å². The molecular formula is C25H26ClN3O3. The topological polar surface area (TPSA) is 73.1 Å². The van der Waals surface area contributed by atoms with Gasteiger partial charge in [-0.05, 0) is 61.9 Å². The third kappa shape index (κ3) is 5.02. The van der Waals surface area contributed by atoms with Gasteiger partial charge in [0, 0.05) is 11.6 Å².